The van der Waals surface area contributed by atoms with Crippen molar-refractivity contribution in [1.29, 1.82) is 0 Å². The molecule has 1 aromatic heterocycles. The van der Waals surface area contributed by atoms with Crippen molar-refractivity contribution >= 4 is 32.6 Å². The third kappa shape index (κ3) is 3.22. The third-order valence-electron chi connectivity index (χ3n) is 4.39. The molecule has 0 aliphatic rings. The molecule has 0 radical (unpaired) electrons. The van der Waals surface area contributed by atoms with E-state index >= 15 is 0 Å². The average molecular weight is 419 g/mol. The van der Waals surface area contributed by atoms with Crippen LogP contribution in [-0.2, 0) is 0 Å². The van der Waals surface area contributed by atoms with E-state index in [0.29, 0.717) is 28.0 Å². The van der Waals surface area contributed by atoms with Crippen LogP contribution in [0.15, 0.2) is 82.1 Å². The third-order valence-corrected chi connectivity index (χ3v) is 4.89. The number of halogens is 1. The molecule has 0 unspecified atom stereocenters. The number of rotatable bonds is 3. The van der Waals surface area contributed by atoms with Gasteiger partial charge in [-0.2, -0.15) is 0 Å². The van der Waals surface area contributed by atoms with E-state index in [4.69, 9.17) is 4.98 Å². The number of benzene rings is 3. The lowest BCUT2D eigenvalue weighted by Gasteiger charge is -2.14. The molecule has 4 rings (SSSR count). The molecule has 0 saturated heterocycles. The average Bonchev–Trinajstić information content (AvgIpc) is 2.69. The maximum Gasteiger partial charge on any atom is 0.266 e. The van der Waals surface area contributed by atoms with E-state index in [9.17, 15) is 9.59 Å². The lowest BCUT2D eigenvalue weighted by Crippen LogP contribution is -2.22. The summed E-state index contributed by atoms with van der Waals surface area (Å²) in [4.78, 5) is 29.7. The van der Waals surface area contributed by atoms with Crippen LogP contribution in [0.2, 0.25) is 0 Å². The normalized spacial score (nSPS) is 10.9. The van der Waals surface area contributed by atoms with Crippen molar-refractivity contribution in [2.24, 2.45) is 0 Å². The van der Waals surface area contributed by atoms with Gasteiger partial charge in [0.2, 0.25) is 0 Å². The number of ketones is 1. The zero-order valence-electron chi connectivity index (χ0n) is 14.5. The quantitative estimate of drug-likeness (QED) is 0.439. The fourth-order valence-corrected chi connectivity index (χ4v) is 3.38. The molecule has 0 N–H and O–H groups in total. The molecule has 3 aromatic carbocycles. The second-order valence-electron chi connectivity index (χ2n) is 6.21. The van der Waals surface area contributed by atoms with Gasteiger partial charge in [-0.1, -0.05) is 46.3 Å². The molecule has 0 saturated carbocycles. The van der Waals surface area contributed by atoms with Gasteiger partial charge in [-0.05, 0) is 49.4 Å². The Morgan fingerprint density at radius 3 is 2.33 bits per heavy atom. The van der Waals surface area contributed by atoms with Gasteiger partial charge in [-0.15, -0.1) is 0 Å². The molecule has 0 amide bonds. The number of hydrogen-bond acceptors (Lipinski definition) is 3. The highest BCUT2D eigenvalue weighted by molar-refractivity contribution is 9.10. The Balaban J connectivity index is 2.06. The summed E-state index contributed by atoms with van der Waals surface area (Å²) < 4.78 is 2.41. The number of carbonyl (C=O) groups is 1. The summed E-state index contributed by atoms with van der Waals surface area (Å²) in [5.41, 5.74) is 2.59. The van der Waals surface area contributed by atoms with Crippen LogP contribution in [0.4, 0.5) is 0 Å². The van der Waals surface area contributed by atoms with E-state index in [1.54, 1.807) is 34.9 Å². The number of nitrogens with zero attached hydrogens (tertiary/aromatic N) is 2. The summed E-state index contributed by atoms with van der Waals surface area (Å²) in [6.45, 7) is 1.52. The summed E-state index contributed by atoms with van der Waals surface area (Å²) in [5, 5.41) is 0.528. The summed E-state index contributed by atoms with van der Waals surface area (Å²) in [6.07, 6.45) is 0. The van der Waals surface area contributed by atoms with Crippen molar-refractivity contribution in [3.05, 3.63) is 93.2 Å². The van der Waals surface area contributed by atoms with E-state index in [0.717, 1.165) is 10.0 Å². The fraction of sp³-hybridized carbons (Fsp3) is 0.0455. The number of hydrogen-bond donors (Lipinski definition) is 0. The van der Waals surface area contributed by atoms with Crippen LogP contribution >= 0.6 is 15.9 Å². The smallest absolute Gasteiger partial charge is 0.266 e. The minimum absolute atomic E-state index is 0.0160. The highest BCUT2D eigenvalue weighted by Gasteiger charge is 2.15. The zero-order chi connectivity index (χ0) is 19.0. The maximum atomic E-state index is 13.3. The molecular weight excluding hydrogens is 404 g/mol. The molecule has 0 fully saturated rings. The first-order valence-corrected chi connectivity index (χ1v) is 9.23. The van der Waals surface area contributed by atoms with E-state index < -0.39 is 0 Å². The van der Waals surface area contributed by atoms with Crippen molar-refractivity contribution in [2.45, 2.75) is 6.92 Å². The Hall–Kier alpha value is -3.05. The molecule has 4 nitrogen and oxygen atoms in total. The van der Waals surface area contributed by atoms with Gasteiger partial charge in [0.05, 0.1) is 16.6 Å². The van der Waals surface area contributed by atoms with Crippen LogP contribution in [0, 0.1) is 0 Å². The van der Waals surface area contributed by atoms with E-state index in [1.807, 2.05) is 42.5 Å². The van der Waals surface area contributed by atoms with Gasteiger partial charge >= 0.3 is 0 Å². The molecule has 0 atom stereocenters. The van der Waals surface area contributed by atoms with Gasteiger partial charge in [0.1, 0.15) is 5.82 Å². The number of aromatic nitrogens is 2. The topological polar surface area (TPSA) is 52.0 Å². The SMILES string of the molecule is CC(=O)c1ccc(-n2c(-c3ccccc3)nc3ccc(Br)cc3c2=O)cc1. The van der Waals surface area contributed by atoms with E-state index in [-0.39, 0.29) is 11.3 Å². The van der Waals surface area contributed by atoms with Gasteiger partial charge in [-0.25, -0.2) is 4.98 Å². The van der Waals surface area contributed by atoms with Crippen molar-refractivity contribution in [3.8, 4) is 17.1 Å². The summed E-state index contributed by atoms with van der Waals surface area (Å²) in [7, 11) is 0. The first-order chi connectivity index (χ1) is 13.0. The standard InChI is InChI=1S/C22H15BrN2O2/c1-14(26)15-7-10-18(11-8-15)25-21(16-5-3-2-4-6-16)24-20-12-9-17(23)13-19(20)22(25)27/h2-13H,1H3. The molecule has 0 spiro atoms. The second-order valence-corrected chi connectivity index (χ2v) is 7.12. The highest BCUT2D eigenvalue weighted by atomic mass is 79.9. The minimum atomic E-state index is -0.157. The summed E-state index contributed by atoms with van der Waals surface area (Å²) in [6, 6.07) is 22.1. The van der Waals surface area contributed by atoms with Crippen molar-refractivity contribution < 1.29 is 4.79 Å². The van der Waals surface area contributed by atoms with Crippen LogP contribution in [0.25, 0.3) is 28.0 Å². The van der Waals surface area contributed by atoms with Crippen LogP contribution < -0.4 is 5.56 Å². The van der Waals surface area contributed by atoms with E-state index in [1.165, 1.54) is 6.92 Å². The molecule has 1 heterocycles. The molecule has 0 aliphatic heterocycles. The fourth-order valence-electron chi connectivity index (χ4n) is 3.02. The summed E-state index contributed by atoms with van der Waals surface area (Å²) >= 11 is 3.42. The number of carbonyl (C=O) groups excluding carboxylic acids is 1. The van der Waals surface area contributed by atoms with Crippen molar-refractivity contribution in [1.82, 2.24) is 9.55 Å². The first-order valence-electron chi connectivity index (χ1n) is 8.44. The molecule has 5 heteroatoms. The molecule has 4 aromatic rings. The Bertz CT molecular complexity index is 1210. The maximum absolute atomic E-state index is 13.3. The minimum Gasteiger partial charge on any atom is -0.295 e. The lowest BCUT2D eigenvalue weighted by atomic mass is 10.1. The Morgan fingerprint density at radius 1 is 0.963 bits per heavy atom. The van der Waals surface area contributed by atoms with Gasteiger partial charge in [0.15, 0.2) is 5.78 Å². The van der Waals surface area contributed by atoms with Crippen LogP contribution in [0.3, 0.4) is 0 Å². The first kappa shape index (κ1) is 17.4. The molecular formula is C22H15BrN2O2. The van der Waals surface area contributed by atoms with Gasteiger partial charge in [-0.3, -0.25) is 14.2 Å². The molecule has 0 bridgehead atoms. The molecule has 0 aliphatic carbocycles. The van der Waals surface area contributed by atoms with Crippen LogP contribution in [-0.4, -0.2) is 15.3 Å². The lowest BCUT2D eigenvalue weighted by molar-refractivity contribution is 0.101. The van der Waals surface area contributed by atoms with Gasteiger partial charge < -0.3 is 0 Å². The largest absolute Gasteiger partial charge is 0.295 e. The monoisotopic (exact) mass is 418 g/mol. The summed E-state index contributed by atoms with van der Waals surface area (Å²) in [5.74, 6) is 0.545. The van der Waals surface area contributed by atoms with Gasteiger partial charge in [0, 0.05) is 15.6 Å². The molecule has 132 valence electrons. The number of Topliss-reactive ketones (excluding diaryl/α,β-unsaturated/α-hetero) is 1. The van der Waals surface area contributed by atoms with E-state index in [2.05, 4.69) is 15.9 Å². The van der Waals surface area contributed by atoms with Crippen LogP contribution in [0.5, 0.6) is 0 Å². The predicted molar refractivity (Wildman–Crippen MR) is 110 cm³/mol. The Kier molecular flexibility index (Phi) is 4.46. The predicted octanol–water partition coefficient (Wildman–Crippen LogP) is 5.02. The Labute approximate surface area is 164 Å². The Morgan fingerprint density at radius 2 is 1.67 bits per heavy atom. The van der Waals surface area contributed by atoms with Crippen molar-refractivity contribution in [2.75, 3.05) is 0 Å². The van der Waals surface area contributed by atoms with Crippen LogP contribution in [0.1, 0.15) is 17.3 Å². The van der Waals surface area contributed by atoms with Gasteiger partial charge in [0.25, 0.3) is 5.56 Å². The van der Waals surface area contributed by atoms with Crippen molar-refractivity contribution in [3.63, 3.8) is 0 Å². The second kappa shape index (κ2) is 6.93. The zero-order valence-corrected chi connectivity index (χ0v) is 16.1. The number of fused-ring (bicyclic) bond motifs is 1. The molecule has 27 heavy (non-hydrogen) atoms. The highest BCUT2D eigenvalue weighted by Crippen LogP contribution is 2.24.